The number of benzene rings is 3. The highest BCUT2D eigenvalue weighted by atomic mass is 16.5. The second kappa shape index (κ2) is 6.44. The van der Waals surface area contributed by atoms with Crippen molar-refractivity contribution in [1.29, 1.82) is 0 Å². The standard InChI is InChI=1S/C22H19NO2/c1-24-21-12-11-15(14-22(21)25-2)13-18-16-7-3-5-9-19(16)23-20-10-6-4-8-17(18)20/h3-12,14H,13H2,1-2H3. The topological polar surface area (TPSA) is 31.4 Å². The molecule has 3 aromatic carbocycles. The van der Waals surface area contributed by atoms with Crippen molar-refractivity contribution < 1.29 is 9.47 Å². The van der Waals surface area contributed by atoms with Crippen LogP contribution in [0.2, 0.25) is 0 Å². The van der Waals surface area contributed by atoms with Crippen molar-refractivity contribution in [3.8, 4) is 11.5 Å². The molecule has 0 atom stereocenters. The summed E-state index contributed by atoms with van der Waals surface area (Å²) >= 11 is 0. The highest BCUT2D eigenvalue weighted by Gasteiger charge is 2.11. The van der Waals surface area contributed by atoms with Crippen LogP contribution in [0.25, 0.3) is 21.8 Å². The summed E-state index contributed by atoms with van der Waals surface area (Å²) in [5.74, 6) is 1.50. The number of rotatable bonds is 4. The summed E-state index contributed by atoms with van der Waals surface area (Å²) in [7, 11) is 3.32. The van der Waals surface area contributed by atoms with E-state index in [1.54, 1.807) is 14.2 Å². The van der Waals surface area contributed by atoms with Crippen LogP contribution in [-0.2, 0) is 6.42 Å². The maximum absolute atomic E-state index is 5.45. The minimum atomic E-state index is 0.746. The van der Waals surface area contributed by atoms with Gasteiger partial charge in [-0.1, -0.05) is 42.5 Å². The Morgan fingerprint density at radius 3 is 1.92 bits per heavy atom. The third kappa shape index (κ3) is 2.78. The van der Waals surface area contributed by atoms with Gasteiger partial charge in [-0.05, 0) is 41.8 Å². The number of nitrogens with zero attached hydrogens (tertiary/aromatic N) is 1. The number of methoxy groups -OCH3 is 2. The Bertz CT molecular complexity index is 1000. The smallest absolute Gasteiger partial charge is 0.160 e. The minimum absolute atomic E-state index is 0.746. The van der Waals surface area contributed by atoms with Gasteiger partial charge in [0.05, 0.1) is 25.3 Å². The Morgan fingerprint density at radius 2 is 1.32 bits per heavy atom. The van der Waals surface area contributed by atoms with E-state index in [0.717, 1.165) is 29.0 Å². The number of para-hydroxylation sites is 2. The number of ether oxygens (including phenoxy) is 2. The molecule has 4 aromatic rings. The summed E-state index contributed by atoms with van der Waals surface area (Å²) in [6, 6.07) is 22.7. The van der Waals surface area contributed by atoms with Gasteiger partial charge in [0.15, 0.2) is 11.5 Å². The summed E-state index contributed by atoms with van der Waals surface area (Å²) in [6.07, 6.45) is 0.809. The molecule has 0 spiro atoms. The van der Waals surface area contributed by atoms with E-state index in [0.29, 0.717) is 0 Å². The molecule has 0 saturated heterocycles. The van der Waals surface area contributed by atoms with Crippen LogP contribution < -0.4 is 9.47 Å². The molecule has 0 fully saturated rings. The molecule has 0 unspecified atom stereocenters. The first-order valence-corrected chi connectivity index (χ1v) is 8.27. The summed E-state index contributed by atoms with van der Waals surface area (Å²) in [6.45, 7) is 0. The molecule has 0 N–H and O–H groups in total. The zero-order valence-corrected chi connectivity index (χ0v) is 14.3. The molecular weight excluding hydrogens is 310 g/mol. The molecule has 0 amide bonds. The van der Waals surface area contributed by atoms with Gasteiger partial charge < -0.3 is 9.47 Å². The van der Waals surface area contributed by atoms with Crippen LogP contribution in [0.5, 0.6) is 11.5 Å². The molecule has 3 nitrogen and oxygen atoms in total. The maximum Gasteiger partial charge on any atom is 0.160 e. The fourth-order valence-electron chi connectivity index (χ4n) is 3.31. The Hall–Kier alpha value is -3.07. The highest BCUT2D eigenvalue weighted by Crippen LogP contribution is 2.32. The molecule has 4 rings (SSSR count). The number of aromatic nitrogens is 1. The Labute approximate surface area is 146 Å². The lowest BCUT2D eigenvalue weighted by atomic mass is 9.96. The van der Waals surface area contributed by atoms with Crippen molar-refractivity contribution in [2.75, 3.05) is 14.2 Å². The lowest BCUT2D eigenvalue weighted by Crippen LogP contribution is -1.96. The van der Waals surface area contributed by atoms with E-state index >= 15 is 0 Å². The Balaban J connectivity index is 1.90. The zero-order valence-electron chi connectivity index (χ0n) is 14.3. The molecule has 1 aromatic heterocycles. The normalized spacial score (nSPS) is 11.0. The summed E-state index contributed by atoms with van der Waals surface area (Å²) < 4.78 is 10.8. The van der Waals surface area contributed by atoms with E-state index in [4.69, 9.17) is 14.5 Å². The number of hydrogen-bond acceptors (Lipinski definition) is 3. The molecule has 0 bridgehead atoms. The lowest BCUT2D eigenvalue weighted by Gasteiger charge is -2.13. The molecule has 0 radical (unpaired) electrons. The van der Waals surface area contributed by atoms with Crippen LogP contribution in [0.1, 0.15) is 11.1 Å². The van der Waals surface area contributed by atoms with Crippen molar-refractivity contribution in [2.45, 2.75) is 6.42 Å². The molecule has 0 aliphatic rings. The van der Waals surface area contributed by atoms with Crippen molar-refractivity contribution in [3.63, 3.8) is 0 Å². The van der Waals surface area contributed by atoms with Gasteiger partial charge in [-0.25, -0.2) is 4.98 Å². The number of pyridine rings is 1. The predicted octanol–water partition coefficient (Wildman–Crippen LogP) is 5.00. The average Bonchev–Trinajstić information content (AvgIpc) is 2.67. The van der Waals surface area contributed by atoms with Gasteiger partial charge in [-0.2, -0.15) is 0 Å². The van der Waals surface area contributed by atoms with Crippen LogP contribution in [0.15, 0.2) is 66.7 Å². The molecule has 0 aliphatic carbocycles. The quantitative estimate of drug-likeness (QED) is 0.494. The molecule has 25 heavy (non-hydrogen) atoms. The Kier molecular flexibility index (Phi) is 3.98. The molecule has 1 heterocycles. The van der Waals surface area contributed by atoms with Crippen LogP contribution in [-0.4, -0.2) is 19.2 Å². The molecular formula is C22H19NO2. The second-order valence-corrected chi connectivity index (χ2v) is 5.99. The van der Waals surface area contributed by atoms with Crippen molar-refractivity contribution in [2.24, 2.45) is 0 Å². The van der Waals surface area contributed by atoms with Gasteiger partial charge in [0.1, 0.15) is 0 Å². The van der Waals surface area contributed by atoms with E-state index in [1.807, 2.05) is 24.3 Å². The van der Waals surface area contributed by atoms with Gasteiger partial charge in [-0.3, -0.25) is 0 Å². The van der Waals surface area contributed by atoms with Gasteiger partial charge in [0, 0.05) is 10.8 Å². The monoisotopic (exact) mass is 329 g/mol. The maximum atomic E-state index is 5.45. The molecule has 124 valence electrons. The second-order valence-electron chi connectivity index (χ2n) is 5.99. The molecule has 0 aliphatic heterocycles. The summed E-state index contributed by atoms with van der Waals surface area (Å²) in [4.78, 5) is 4.80. The fraction of sp³-hybridized carbons (Fsp3) is 0.136. The predicted molar refractivity (Wildman–Crippen MR) is 102 cm³/mol. The lowest BCUT2D eigenvalue weighted by molar-refractivity contribution is 0.354. The van der Waals surface area contributed by atoms with Gasteiger partial charge >= 0.3 is 0 Å². The van der Waals surface area contributed by atoms with Crippen molar-refractivity contribution in [1.82, 2.24) is 4.98 Å². The van der Waals surface area contributed by atoms with E-state index < -0.39 is 0 Å². The van der Waals surface area contributed by atoms with Gasteiger partial charge in [-0.15, -0.1) is 0 Å². The third-order valence-electron chi connectivity index (χ3n) is 4.53. The minimum Gasteiger partial charge on any atom is -0.493 e. The first-order chi connectivity index (χ1) is 12.3. The average molecular weight is 329 g/mol. The van der Waals surface area contributed by atoms with E-state index in [2.05, 4.69) is 42.5 Å². The molecule has 3 heteroatoms. The third-order valence-corrected chi connectivity index (χ3v) is 4.53. The molecule has 0 saturated carbocycles. The van der Waals surface area contributed by atoms with Crippen LogP contribution in [0.3, 0.4) is 0 Å². The van der Waals surface area contributed by atoms with Gasteiger partial charge in [0.25, 0.3) is 0 Å². The van der Waals surface area contributed by atoms with Crippen LogP contribution >= 0.6 is 0 Å². The summed E-state index contributed by atoms with van der Waals surface area (Å²) in [5, 5.41) is 2.38. The fourth-order valence-corrected chi connectivity index (χ4v) is 3.31. The van der Waals surface area contributed by atoms with Crippen molar-refractivity contribution in [3.05, 3.63) is 77.9 Å². The number of hydrogen-bond donors (Lipinski definition) is 0. The number of fused-ring (bicyclic) bond motifs is 2. The first kappa shape index (κ1) is 15.5. The SMILES string of the molecule is COc1ccc(Cc2c3ccccc3nc3ccccc23)cc1OC. The van der Waals surface area contributed by atoms with E-state index in [9.17, 15) is 0 Å². The Morgan fingerprint density at radius 1 is 0.720 bits per heavy atom. The van der Waals surface area contributed by atoms with Crippen LogP contribution in [0, 0.1) is 0 Å². The van der Waals surface area contributed by atoms with E-state index in [1.165, 1.54) is 21.9 Å². The van der Waals surface area contributed by atoms with Crippen molar-refractivity contribution >= 4 is 21.8 Å². The van der Waals surface area contributed by atoms with Crippen LogP contribution in [0.4, 0.5) is 0 Å². The first-order valence-electron chi connectivity index (χ1n) is 8.27. The van der Waals surface area contributed by atoms with E-state index in [-0.39, 0.29) is 0 Å². The largest absolute Gasteiger partial charge is 0.493 e. The summed E-state index contributed by atoms with van der Waals surface area (Å²) in [5.41, 5.74) is 4.51. The highest BCUT2D eigenvalue weighted by molar-refractivity contribution is 5.97. The zero-order chi connectivity index (χ0) is 17.2. The van der Waals surface area contributed by atoms with Gasteiger partial charge in [0.2, 0.25) is 0 Å².